The number of aryl methyl sites for hydroxylation is 1. The summed E-state index contributed by atoms with van der Waals surface area (Å²) in [6, 6.07) is 0. The molecule has 5 heteroatoms. The Morgan fingerprint density at radius 3 is 3.08 bits per heavy atom. The number of hydrogen-bond acceptors (Lipinski definition) is 4. The number of rotatable bonds is 2. The zero-order chi connectivity index (χ0) is 9.26. The third-order valence-electron chi connectivity index (χ3n) is 1.79. The summed E-state index contributed by atoms with van der Waals surface area (Å²) in [5, 5.41) is 4.33. The van der Waals surface area contributed by atoms with Crippen molar-refractivity contribution < 1.29 is 0 Å². The summed E-state index contributed by atoms with van der Waals surface area (Å²) in [5.74, 6) is 0. The van der Waals surface area contributed by atoms with Crippen molar-refractivity contribution in [2.45, 2.75) is 6.54 Å². The minimum Gasteiger partial charge on any atom is -0.326 e. The molecule has 0 saturated carbocycles. The number of nitrogens with two attached hydrogens (primary N) is 1. The Labute approximate surface area is 80.0 Å². The van der Waals surface area contributed by atoms with Crippen molar-refractivity contribution in [1.29, 1.82) is 0 Å². The van der Waals surface area contributed by atoms with Gasteiger partial charge in [-0.25, -0.2) is 0 Å². The van der Waals surface area contributed by atoms with E-state index in [9.17, 15) is 0 Å². The van der Waals surface area contributed by atoms with Crippen LogP contribution in [0.25, 0.3) is 10.6 Å². The summed E-state index contributed by atoms with van der Waals surface area (Å²) in [6.45, 7) is 0.515. The lowest BCUT2D eigenvalue weighted by Crippen LogP contribution is -1.95. The van der Waals surface area contributed by atoms with Crippen molar-refractivity contribution in [1.82, 2.24) is 14.8 Å². The minimum absolute atomic E-state index is 0.515. The Kier molecular flexibility index (Phi) is 2.12. The fourth-order valence-electron chi connectivity index (χ4n) is 1.23. The van der Waals surface area contributed by atoms with E-state index in [1.807, 2.05) is 19.4 Å². The van der Waals surface area contributed by atoms with Crippen LogP contribution < -0.4 is 5.73 Å². The maximum absolute atomic E-state index is 5.60. The van der Waals surface area contributed by atoms with Crippen LogP contribution in [0.15, 0.2) is 17.9 Å². The molecule has 0 aliphatic carbocycles. The second kappa shape index (κ2) is 3.27. The molecule has 0 radical (unpaired) electrons. The van der Waals surface area contributed by atoms with Crippen molar-refractivity contribution in [3.63, 3.8) is 0 Å². The molecule has 2 aromatic heterocycles. The molecule has 0 saturated heterocycles. The van der Waals surface area contributed by atoms with Gasteiger partial charge in [-0.3, -0.25) is 9.67 Å². The lowest BCUT2D eigenvalue weighted by atomic mass is 10.2. The van der Waals surface area contributed by atoms with Gasteiger partial charge in [-0.15, -0.1) is 11.3 Å². The summed E-state index contributed by atoms with van der Waals surface area (Å²) in [6.07, 6.45) is 3.75. The maximum Gasteiger partial charge on any atom is 0.108 e. The Hall–Kier alpha value is -1.20. The lowest BCUT2D eigenvalue weighted by molar-refractivity contribution is 0.770. The van der Waals surface area contributed by atoms with Crippen LogP contribution in [0.2, 0.25) is 0 Å². The van der Waals surface area contributed by atoms with Gasteiger partial charge in [0.2, 0.25) is 0 Å². The second-order valence-corrected chi connectivity index (χ2v) is 3.63. The van der Waals surface area contributed by atoms with E-state index in [1.54, 1.807) is 21.5 Å². The molecular formula is C8H10N4S. The zero-order valence-corrected chi connectivity index (χ0v) is 8.08. The van der Waals surface area contributed by atoms with Crippen LogP contribution in [0, 0.1) is 0 Å². The van der Waals surface area contributed by atoms with Crippen LogP contribution in [-0.4, -0.2) is 14.8 Å². The summed E-state index contributed by atoms with van der Waals surface area (Å²) >= 11 is 1.58. The Bertz CT molecular complexity index is 390. The second-order valence-electron chi connectivity index (χ2n) is 2.75. The fraction of sp³-hybridized carbons (Fsp3) is 0.250. The SMILES string of the molecule is Cn1cc(CN)c(-c2cncs2)n1. The average Bonchev–Trinajstić information content (AvgIpc) is 2.71. The third-order valence-corrected chi connectivity index (χ3v) is 2.57. The predicted molar refractivity (Wildman–Crippen MR) is 52.2 cm³/mol. The lowest BCUT2D eigenvalue weighted by Gasteiger charge is -1.92. The number of thiazole rings is 1. The van der Waals surface area contributed by atoms with E-state index in [4.69, 9.17) is 5.73 Å². The Morgan fingerprint density at radius 1 is 1.62 bits per heavy atom. The molecule has 13 heavy (non-hydrogen) atoms. The summed E-state index contributed by atoms with van der Waals surface area (Å²) in [7, 11) is 1.89. The molecule has 2 heterocycles. The first kappa shape index (κ1) is 8.40. The van der Waals surface area contributed by atoms with Gasteiger partial charge in [0.15, 0.2) is 0 Å². The first-order valence-electron chi connectivity index (χ1n) is 3.92. The highest BCUT2D eigenvalue weighted by molar-refractivity contribution is 7.13. The molecular weight excluding hydrogens is 184 g/mol. The molecule has 0 aliphatic rings. The minimum atomic E-state index is 0.515. The molecule has 0 spiro atoms. The molecule has 0 bridgehead atoms. The van der Waals surface area contributed by atoms with E-state index >= 15 is 0 Å². The van der Waals surface area contributed by atoms with E-state index < -0.39 is 0 Å². The van der Waals surface area contributed by atoms with E-state index in [1.165, 1.54) is 0 Å². The number of hydrogen-bond donors (Lipinski definition) is 1. The van der Waals surface area contributed by atoms with Gasteiger partial charge in [0.05, 0.1) is 10.4 Å². The van der Waals surface area contributed by atoms with Gasteiger partial charge < -0.3 is 5.73 Å². The molecule has 0 amide bonds. The van der Waals surface area contributed by atoms with E-state index in [2.05, 4.69) is 10.1 Å². The summed E-state index contributed by atoms with van der Waals surface area (Å²) in [5.41, 5.74) is 9.41. The van der Waals surface area contributed by atoms with Crippen molar-refractivity contribution in [2.24, 2.45) is 12.8 Å². The molecule has 2 aromatic rings. The maximum atomic E-state index is 5.60. The topological polar surface area (TPSA) is 56.7 Å². The third kappa shape index (κ3) is 1.48. The molecule has 68 valence electrons. The van der Waals surface area contributed by atoms with Crippen LogP contribution in [0.5, 0.6) is 0 Å². The van der Waals surface area contributed by atoms with Gasteiger partial charge in [-0.2, -0.15) is 5.10 Å². The molecule has 2 rings (SSSR count). The van der Waals surface area contributed by atoms with Crippen molar-refractivity contribution in [3.05, 3.63) is 23.5 Å². The molecule has 0 atom stereocenters. The predicted octanol–water partition coefficient (Wildman–Crippen LogP) is 1.00. The summed E-state index contributed by atoms with van der Waals surface area (Å²) in [4.78, 5) is 5.08. The van der Waals surface area contributed by atoms with Crippen LogP contribution >= 0.6 is 11.3 Å². The van der Waals surface area contributed by atoms with Crippen LogP contribution in [0.1, 0.15) is 5.56 Å². The highest BCUT2D eigenvalue weighted by Crippen LogP contribution is 2.24. The number of aromatic nitrogens is 3. The first-order chi connectivity index (χ1) is 6.31. The Morgan fingerprint density at radius 2 is 2.46 bits per heavy atom. The monoisotopic (exact) mass is 194 g/mol. The molecule has 0 aliphatic heterocycles. The van der Waals surface area contributed by atoms with Crippen molar-refractivity contribution in [2.75, 3.05) is 0 Å². The average molecular weight is 194 g/mol. The smallest absolute Gasteiger partial charge is 0.108 e. The van der Waals surface area contributed by atoms with Crippen LogP contribution in [0.3, 0.4) is 0 Å². The standard InChI is InChI=1S/C8H10N4S/c1-12-4-6(2-9)8(11-12)7-3-10-5-13-7/h3-5H,2,9H2,1H3. The fourth-order valence-corrected chi connectivity index (χ4v) is 1.87. The largest absolute Gasteiger partial charge is 0.326 e. The molecule has 0 unspecified atom stereocenters. The van der Waals surface area contributed by atoms with Gasteiger partial charge in [-0.1, -0.05) is 0 Å². The molecule has 4 nitrogen and oxygen atoms in total. The van der Waals surface area contributed by atoms with E-state index in [0.29, 0.717) is 6.54 Å². The van der Waals surface area contributed by atoms with Gasteiger partial charge in [0.1, 0.15) is 5.69 Å². The van der Waals surface area contributed by atoms with E-state index in [0.717, 1.165) is 16.1 Å². The van der Waals surface area contributed by atoms with Crippen molar-refractivity contribution in [3.8, 4) is 10.6 Å². The normalized spacial score (nSPS) is 10.6. The Balaban J connectivity index is 2.50. The van der Waals surface area contributed by atoms with Crippen LogP contribution in [0.4, 0.5) is 0 Å². The van der Waals surface area contributed by atoms with Gasteiger partial charge in [0, 0.05) is 31.5 Å². The highest BCUT2D eigenvalue weighted by atomic mass is 32.1. The highest BCUT2D eigenvalue weighted by Gasteiger charge is 2.09. The quantitative estimate of drug-likeness (QED) is 0.776. The van der Waals surface area contributed by atoms with Crippen LogP contribution in [-0.2, 0) is 13.6 Å². The number of nitrogens with zero attached hydrogens (tertiary/aromatic N) is 3. The van der Waals surface area contributed by atoms with Gasteiger partial charge in [0.25, 0.3) is 0 Å². The van der Waals surface area contributed by atoms with E-state index in [-0.39, 0.29) is 0 Å². The summed E-state index contributed by atoms with van der Waals surface area (Å²) < 4.78 is 1.78. The molecule has 0 aromatic carbocycles. The van der Waals surface area contributed by atoms with Gasteiger partial charge >= 0.3 is 0 Å². The molecule has 0 fully saturated rings. The first-order valence-corrected chi connectivity index (χ1v) is 4.80. The zero-order valence-electron chi connectivity index (χ0n) is 7.27. The molecule has 2 N–H and O–H groups in total. The van der Waals surface area contributed by atoms with Gasteiger partial charge in [-0.05, 0) is 0 Å². The van der Waals surface area contributed by atoms with Crippen molar-refractivity contribution >= 4 is 11.3 Å².